The highest BCUT2D eigenvalue weighted by Gasteiger charge is 2.13. The third-order valence-electron chi connectivity index (χ3n) is 2.92. The van der Waals surface area contributed by atoms with Gasteiger partial charge in [0.25, 0.3) is 5.91 Å². The van der Waals surface area contributed by atoms with Crippen molar-refractivity contribution in [3.8, 4) is 5.75 Å². The van der Waals surface area contributed by atoms with Crippen LogP contribution in [0.25, 0.3) is 0 Å². The van der Waals surface area contributed by atoms with Crippen molar-refractivity contribution >= 4 is 39.1 Å². The molecule has 20 heavy (non-hydrogen) atoms. The summed E-state index contributed by atoms with van der Waals surface area (Å²) in [6.07, 6.45) is 0. The molecule has 2 aromatic carbocycles. The van der Waals surface area contributed by atoms with Crippen LogP contribution in [0.3, 0.4) is 0 Å². The fourth-order valence-corrected chi connectivity index (χ4v) is 2.36. The van der Waals surface area contributed by atoms with Crippen molar-refractivity contribution in [1.29, 1.82) is 0 Å². The van der Waals surface area contributed by atoms with Gasteiger partial charge in [0.05, 0.1) is 12.8 Å². The number of amides is 1. The van der Waals surface area contributed by atoms with Gasteiger partial charge in [-0.15, -0.1) is 0 Å². The van der Waals surface area contributed by atoms with Crippen LogP contribution in [0.4, 0.5) is 5.69 Å². The van der Waals surface area contributed by atoms with E-state index in [2.05, 4.69) is 21.2 Å². The third kappa shape index (κ3) is 3.14. The second kappa shape index (κ2) is 6.29. The van der Waals surface area contributed by atoms with Crippen molar-refractivity contribution in [3.05, 3.63) is 57.0 Å². The van der Waals surface area contributed by atoms with Gasteiger partial charge in [0.2, 0.25) is 0 Å². The Hall–Kier alpha value is -1.52. The number of rotatable bonds is 3. The maximum atomic E-state index is 12.3. The molecule has 104 valence electrons. The zero-order valence-corrected chi connectivity index (χ0v) is 13.4. The predicted molar refractivity (Wildman–Crippen MR) is 84.8 cm³/mol. The summed E-state index contributed by atoms with van der Waals surface area (Å²) in [7, 11) is 1.54. The second-order valence-electron chi connectivity index (χ2n) is 4.21. The zero-order valence-electron chi connectivity index (χ0n) is 11.0. The number of methoxy groups -OCH3 is 1. The van der Waals surface area contributed by atoms with E-state index in [-0.39, 0.29) is 5.91 Å². The number of hydrogen-bond donors (Lipinski definition) is 1. The quantitative estimate of drug-likeness (QED) is 0.869. The minimum atomic E-state index is -0.204. The standard InChI is InChI=1S/C15H13BrClNO2/c1-9-11(4-3-5-12(9)16)15(19)18-13-8-10(17)6-7-14(13)20-2/h3-8H,1-2H3,(H,18,19). The van der Waals surface area contributed by atoms with Gasteiger partial charge in [-0.2, -0.15) is 0 Å². The number of halogens is 2. The molecular formula is C15H13BrClNO2. The lowest BCUT2D eigenvalue weighted by Gasteiger charge is -2.12. The smallest absolute Gasteiger partial charge is 0.256 e. The lowest BCUT2D eigenvalue weighted by Crippen LogP contribution is -2.14. The normalized spacial score (nSPS) is 10.2. The van der Waals surface area contributed by atoms with Crippen molar-refractivity contribution in [2.45, 2.75) is 6.92 Å². The van der Waals surface area contributed by atoms with Crippen LogP contribution in [0.2, 0.25) is 5.02 Å². The Bertz CT molecular complexity index is 658. The maximum Gasteiger partial charge on any atom is 0.256 e. The number of ether oxygens (including phenoxy) is 1. The molecule has 0 heterocycles. The summed E-state index contributed by atoms with van der Waals surface area (Å²) < 4.78 is 6.10. The molecule has 0 aromatic heterocycles. The van der Waals surface area contributed by atoms with E-state index in [9.17, 15) is 4.79 Å². The van der Waals surface area contributed by atoms with Crippen LogP contribution in [0, 0.1) is 6.92 Å². The van der Waals surface area contributed by atoms with Gasteiger partial charge in [0.15, 0.2) is 0 Å². The average Bonchev–Trinajstić information content (AvgIpc) is 2.42. The molecule has 1 amide bonds. The zero-order chi connectivity index (χ0) is 14.7. The van der Waals surface area contributed by atoms with Crippen molar-refractivity contribution in [1.82, 2.24) is 0 Å². The highest BCUT2D eigenvalue weighted by Crippen LogP contribution is 2.29. The summed E-state index contributed by atoms with van der Waals surface area (Å²) in [6.45, 7) is 1.88. The van der Waals surface area contributed by atoms with Gasteiger partial charge in [-0.05, 0) is 42.8 Å². The number of benzene rings is 2. The minimum absolute atomic E-state index is 0.204. The van der Waals surface area contributed by atoms with Gasteiger partial charge < -0.3 is 10.1 Å². The fraction of sp³-hybridized carbons (Fsp3) is 0.133. The highest BCUT2D eigenvalue weighted by atomic mass is 79.9. The first-order valence-electron chi connectivity index (χ1n) is 5.93. The summed E-state index contributed by atoms with van der Waals surface area (Å²) in [4.78, 5) is 12.3. The van der Waals surface area contributed by atoms with Crippen LogP contribution in [0.15, 0.2) is 40.9 Å². The number of hydrogen-bond acceptors (Lipinski definition) is 2. The summed E-state index contributed by atoms with van der Waals surface area (Å²) in [5, 5.41) is 3.35. The van der Waals surface area contributed by atoms with Gasteiger partial charge in [0, 0.05) is 15.1 Å². The van der Waals surface area contributed by atoms with E-state index in [4.69, 9.17) is 16.3 Å². The molecule has 3 nitrogen and oxygen atoms in total. The topological polar surface area (TPSA) is 38.3 Å². The maximum absolute atomic E-state index is 12.3. The summed E-state index contributed by atoms with van der Waals surface area (Å²) in [5.74, 6) is 0.361. The van der Waals surface area contributed by atoms with Crippen molar-refractivity contribution < 1.29 is 9.53 Å². The summed E-state index contributed by atoms with van der Waals surface area (Å²) in [6, 6.07) is 10.6. The number of anilines is 1. The van der Waals surface area contributed by atoms with Crippen LogP contribution in [-0.2, 0) is 0 Å². The predicted octanol–water partition coefficient (Wildman–Crippen LogP) is 4.67. The number of carbonyl (C=O) groups is 1. The lowest BCUT2D eigenvalue weighted by molar-refractivity contribution is 0.102. The molecule has 0 atom stereocenters. The Morgan fingerprint density at radius 2 is 2.05 bits per heavy atom. The molecular weight excluding hydrogens is 342 g/mol. The van der Waals surface area contributed by atoms with Crippen LogP contribution in [-0.4, -0.2) is 13.0 Å². The van der Waals surface area contributed by atoms with E-state index >= 15 is 0 Å². The third-order valence-corrected chi connectivity index (χ3v) is 4.02. The molecule has 0 aliphatic carbocycles. The summed E-state index contributed by atoms with van der Waals surface area (Å²) in [5.41, 5.74) is 2.02. The van der Waals surface area contributed by atoms with Crippen LogP contribution in [0.5, 0.6) is 5.75 Å². The molecule has 0 unspecified atom stereocenters. The number of nitrogens with one attached hydrogen (secondary N) is 1. The molecule has 0 aliphatic rings. The van der Waals surface area contributed by atoms with E-state index in [1.54, 1.807) is 31.4 Å². The average molecular weight is 355 g/mol. The first kappa shape index (κ1) is 14.9. The Balaban J connectivity index is 2.32. The first-order valence-corrected chi connectivity index (χ1v) is 7.10. The molecule has 0 aliphatic heterocycles. The molecule has 0 radical (unpaired) electrons. The first-order chi connectivity index (χ1) is 9.52. The minimum Gasteiger partial charge on any atom is -0.495 e. The Kier molecular flexibility index (Phi) is 4.68. The SMILES string of the molecule is COc1ccc(Cl)cc1NC(=O)c1cccc(Br)c1C. The molecule has 2 aromatic rings. The number of carbonyl (C=O) groups excluding carboxylic acids is 1. The molecule has 0 saturated carbocycles. The van der Waals surface area contributed by atoms with E-state index in [1.165, 1.54) is 0 Å². The lowest BCUT2D eigenvalue weighted by atomic mass is 10.1. The van der Waals surface area contributed by atoms with E-state index in [0.29, 0.717) is 22.0 Å². The molecule has 0 saturated heterocycles. The second-order valence-corrected chi connectivity index (χ2v) is 5.50. The molecule has 0 spiro atoms. The van der Waals surface area contributed by atoms with Gasteiger partial charge in [-0.25, -0.2) is 0 Å². The van der Waals surface area contributed by atoms with E-state index in [1.807, 2.05) is 19.1 Å². The van der Waals surface area contributed by atoms with Gasteiger partial charge in [-0.3, -0.25) is 4.79 Å². The Morgan fingerprint density at radius 1 is 1.30 bits per heavy atom. The molecule has 0 fully saturated rings. The highest BCUT2D eigenvalue weighted by molar-refractivity contribution is 9.10. The van der Waals surface area contributed by atoms with Crippen molar-refractivity contribution in [2.24, 2.45) is 0 Å². The molecule has 1 N–H and O–H groups in total. The van der Waals surface area contributed by atoms with Crippen LogP contribution in [0.1, 0.15) is 15.9 Å². The van der Waals surface area contributed by atoms with Crippen molar-refractivity contribution in [3.63, 3.8) is 0 Å². The largest absolute Gasteiger partial charge is 0.495 e. The Morgan fingerprint density at radius 3 is 2.75 bits per heavy atom. The monoisotopic (exact) mass is 353 g/mol. The van der Waals surface area contributed by atoms with Crippen LogP contribution >= 0.6 is 27.5 Å². The van der Waals surface area contributed by atoms with Crippen molar-refractivity contribution in [2.75, 3.05) is 12.4 Å². The molecule has 2 rings (SSSR count). The van der Waals surface area contributed by atoms with E-state index in [0.717, 1.165) is 10.0 Å². The van der Waals surface area contributed by atoms with Gasteiger partial charge in [-0.1, -0.05) is 33.6 Å². The van der Waals surface area contributed by atoms with Crippen LogP contribution < -0.4 is 10.1 Å². The van der Waals surface area contributed by atoms with Gasteiger partial charge in [0.1, 0.15) is 5.75 Å². The molecule has 5 heteroatoms. The Labute approximate surface area is 131 Å². The molecule has 0 bridgehead atoms. The fourth-order valence-electron chi connectivity index (χ4n) is 1.82. The summed E-state index contributed by atoms with van der Waals surface area (Å²) >= 11 is 9.36. The van der Waals surface area contributed by atoms with E-state index < -0.39 is 0 Å². The van der Waals surface area contributed by atoms with Gasteiger partial charge >= 0.3 is 0 Å².